The molecule has 0 N–H and O–H groups in total. The van der Waals surface area contributed by atoms with Gasteiger partial charge in [-0.25, -0.2) is 0 Å². The van der Waals surface area contributed by atoms with Gasteiger partial charge in [0, 0.05) is 15.8 Å². The van der Waals surface area contributed by atoms with Crippen LogP contribution in [0.1, 0.15) is 16.7 Å². The van der Waals surface area contributed by atoms with E-state index in [1.165, 1.54) is 11.1 Å². The second-order valence-corrected chi connectivity index (χ2v) is 6.86. The minimum Gasteiger partial charge on any atom is -0.298 e. The van der Waals surface area contributed by atoms with E-state index in [9.17, 15) is 4.79 Å². The molecular formula is C17H17BrOS. The molecule has 0 aliphatic heterocycles. The van der Waals surface area contributed by atoms with Crippen LogP contribution in [0.5, 0.6) is 0 Å². The van der Waals surface area contributed by atoms with Gasteiger partial charge in [0.2, 0.25) is 0 Å². The van der Waals surface area contributed by atoms with Crippen LogP contribution >= 0.6 is 27.7 Å². The van der Waals surface area contributed by atoms with Crippen LogP contribution in [0.4, 0.5) is 0 Å². The first-order valence-electron chi connectivity index (χ1n) is 6.51. The van der Waals surface area contributed by atoms with Crippen LogP contribution in [0.15, 0.2) is 51.8 Å². The third-order valence-electron chi connectivity index (χ3n) is 3.09. The maximum atomic E-state index is 12.1. The van der Waals surface area contributed by atoms with E-state index in [2.05, 4.69) is 48.0 Å². The van der Waals surface area contributed by atoms with E-state index in [-0.39, 0.29) is 5.78 Å². The third kappa shape index (κ3) is 4.50. The minimum atomic E-state index is 0.267. The highest BCUT2D eigenvalue weighted by Crippen LogP contribution is 2.22. The average Bonchev–Trinajstić information content (AvgIpc) is 2.41. The lowest BCUT2D eigenvalue weighted by Crippen LogP contribution is -2.07. The number of rotatable bonds is 5. The van der Waals surface area contributed by atoms with Gasteiger partial charge in [0.15, 0.2) is 0 Å². The second kappa shape index (κ2) is 7.09. The Bertz CT molecular complexity index is 622. The van der Waals surface area contributed by atoms with Crippen molar-refractivity contribution in [3.63, 3.8) is 0 Å². The molecule has 0 aliphatic carbocycles. The van der Waals surface area contributed by atoms with E-state index in [0.717, 1.165) is 14.9 Å². The average molecular weight is 349 g/mol. The van der Waals surface area contributed by atoms with Gasteiger partial charge in [-0.1, -0.05) is 45.8 Å². The van der Waals surface area contributed by atoms with Gasteiger partial charge >= 0.3 is 0 Å². The Morgan fingerprint density at radius 1 is 1.15 bits per heavy atom. The molecular weight excluding hydrogens is 332 g/mol. The van der Waals surface area contributed by atoms with Crippen LogP contribution in [0.2, 0.25) is 0 Å². The summed E-state index contributed by atoms with van der Waals surface area (Å²) in [7, 11) is 0. The molecule has 0 aromatic heterocycles. The van der Waals surface area contributed by atoms with E-state index >= 15 is 0 Å². The van der Waals surface area contributed by atoms with Crippen LogP contribution in [0, 0.1) is 13.8 Å². The molecule has 0 saturated carbocycles. The van der Waals surface area contributed by atoms with Crippen molar-refractivity contribution in [2.45, 2.75) is 25.2 Å². The van der Waals surface area contributed by atoms with Gasteiger partial charge in [0.25, 0.3) is 0 Å². The van der Waals surface area contributed by atoms with Crippen molar-refractivity contribution in [3.8, 4) is 0 Å². The zero-order chi connectivity index (χ0) is 14.5. The zero-order valence-electron chi connectivity index (χ0n) is 11.7. The fraction of sp³-hybridized carbons (Fsp3) is 0.235. The summed E-state index contributed by atoms with van der Waals surface area (Å²) in [6.07, 6.45) is 0.522. The van der Waals surface area contributed by atoms with Crippen molar-refractivity contribution in [1.82, 2.24) is 0 Å². The van der Waals surface area contributed by atoms with E-state index < -0.39 is 0 Å². The first-order valence-corrected chi connectivity index (χ1v) is 8.28. The van der Waals surface area contributed by atoms with Crippen LogP contribution in [-0.4, -0.2) is 11.5 Å². The number of hydrogen-bond donors (Lipinski definition) is 0. The number of ketones is 1. The molecule has 1 nitrogen and oxygen atoms in total. The standard InChI is InChI=1S/C17H17BrOS/c1-12-6-7-13(2)14(8-12)9-16(19)11-20-17-5-3-4-15(18)10-17/h3-8,10H,9,11H2,1-2H3. The molecule has 2 aromatic rings. The van der Waals surface area contributed by atoms with E-state index in [1.54, 1.807) is 11.8 Å². The molecule has 0 aliphatic rings. The summed E-state index contributed by atoms with van der Waals surface area (Å²) in [4.78, 5) is 13.2. The Balaban J connectivity index is 1.94. The lowest BCUT2D eigenvalue weighted by molar-refractivity contribution is -0.116. The normalized spacial score (nSPS) is 10.6. The number of Topliss-reactive ketones (excluding diaryl/α,β-unsaturated/α-hetero) is 1. The smallest absolute Gasteiger partial charge is 0.147 e. The van der Waals surface area contributed by atoms with Crippen LogP contribution in [0.25, 0.3) is 0 Å². The van der Waals surface area contributed by atoms with Crippen molar-refractivity contribution >= 4 is 33.5 Å². The molecule has 0 heterocycles. The van der Waals surface area contributed by atoms with Crippen LogP contribution < -0.4 is 0 Å². The van der Waals surface area contributed by atoms with Gasteiger partial charge in [-0.3, -0.25) is 4.79 Å². The predicted octanol–water partition coefficient (Wildman–Crippen LogP) is 4.97. The maximum absolute atomic E-state index is 12.1. The number of benzene rings is 2. The molecule has 104 valence electrons. The number of halogens is 1. The number of thioether (sulfide) groups is 1. The predicted molar refractivity (Wildman–Crippen MR) is 89.5 cm³/mol. The summed E-state index contributed by atoms with van der Waals surface area (Å²) >= 11 is 5.03. The van der Waals surface area contributed by atoms with Crippen LogP contribution in [-0.2, 0) is 11.2 Å². The highest BCUT2D eigenvalue weighted by molar-refractivity contribution is 9.10. The van der Waals surface area contributed by atoms with Crippen LogP contribution in [0.3, 0.4) is 0 Å². The Morgan fingerprint density at radius 3 is 2.70 bits per heavy atom. The van der Waals surface area contributed by atoms with E-state index in [4.69, 9.17) is 0 Å². The molecule has 0 spiro atoms. The quantitative estimate of drug-likeness (QED) is 0.709. The van der Waals surface area contributed by atoms with Crippen molar-refractivity contribution < 1.29 is 4.79 Å². The highest BCUT2D eigenvalue weighted by atomic mass is 79.9. The summed E-state index contributed by atoms with van der Waals surface area (Å²) in [6.45, 7) is 4.12. The maximum Gasteiger partial charge on any atom is 0.147 e. The monoisotopic (exact) mass is 348 g/mol. The molecule has 20 heavy (non-hydrogen) atoms. The minimum absolute atomic E-state index is 0.267. The summed E-state index contributed by atoms with van der Waals surface area (Å²) in [5.41, 5.74) is 3.54. The number of hydrogen-bond acceptors (Lipinski definition) is 2. The van der Waals surface area contributed by atoms with Crippen molar-refractivity contribution in [1.29, 1.82) is 0 Å². The van der Waals surface area contributed by atoms with Gasteiger partial charge < -0.3 is 0 Å². The molecule has 0 fully saturated rings. The second-order valence-electron chi connectivity index (χ2n) is 4.89. The summed E-state index contributed by atoms with van der Waals surface area (Å²) in [5, 5.41) is 0. The van der Waals surface area contributed by atoms with E-state index in [0.29, 0.717) is 12.2 Å². The molecule has 2 rings (SSSR count). The Kier molecular flexibility index (Phi) is 5.44. The third-order valence-corrected chi connectivity index (χ3v) is 4.63. The lowest BCUT2D eigenvalue weighted by atomic mass is 10.0. The van der Waals surface area contributed by atoms with Gasteiger partial charge in [-0.05, 0) is 43.2 Å². The zero-order valence-corrected chi connectivity index (χ0v) is 14.1. The topological polar surface area (TPSA) is 17.1 Å². The fourth-order valence-corrected chi connectivity index (χ4v) is 3.34. The lowest BCUT2D eigenvalue weighted by Gasteiger charge is -2.07. The van der Waals surface area contributed by atoms with Crippen molar-refractivity contribution in [2.24, 2.45) is 0 Å². The van der Waals surface area contributed by atoms with Crippen molar-refractivity contribution in [3.05, 3.63) is 63.6 Å². The molecule has 2 aromatic carbocycles. The van der Waals surface area contributed by atoms with Gasteiger partial charge in [-0.15, -0.1) is 11.8 Å². The molecule has 0 atom stereocenters. The van der Waals surface area contributed by atoms with Crippen molar-refractivity contribution in [2.75, 3.05) is 5.75 Å². The fourth-order valence-electron chi connectivity index (χ4n) is 1.97. The Labute approximate surface area is 132 Å². The van der Waals surface area contributed by atoms with Gasteiger partial charge in [0.1, 0.15) is 5.78 Å². The summed E-state index contributed by atoms with van der Waals surface area (Å²) in [6, 6.07) is 14.3. The molecule has 3 heteroatoms. The SMILES string of the molecule is Cc1ccc(C)c(CC(=O)CSc2cccc(Br)c2)c1. The van der Waals surface area contributed by atoms with E-state index in [1.807, 2.05) is 24.3 Å². The van der Waals surface area contributed by atoms with Gasteiger partial charge in [-0.2, -0.15) is 0 Å². The molecule has 0 amide bonds. The first-order chi connectivity index (χ1) is 9.54. The first kappa shape index (κ1) is 15.3. The number of carbonyl (C=O) groups excluding carboxylic acids is 1. The Morgan fingerprint density at radius 2 is 1.95 bits per heavy atom. The number of aryl methyl sites for hydroxylation is 2. The molecule has 0 saturated heterocycles. The summed E-state index contributed by atoms with van der Waals surface area (Å²) in [5.74, 6) is 0.785. The van der Waals surface area contributed by atoms with Gasteiger partial charge in [0.05, 0.1) is 5.75 Å². The number of carbonyl (C=O) groups is 1. The Hall–Kier alpha value is -1.06. The molecule has 0 radical (unpaired) electrons. The highest BCUT2D eigenvalue weighted by Gasteiger charge is 2.07. The summed E-state index contributed by atoms with van der Waals surface area (Å²) < 4.78 is 1.05. The molecule has 0 unspecified atom stereocenters. The largest absolute Gasteiger partial charge is 0.298 e. The molecule has 0 bridgehead atoms.